The third-order valence-corrected chi connectivity index (χ3v) is 5.01. The first-order valence-electron chi connectivity index (χ1n) is 6.64. The van der Waals surface area contributed by atoms with Gasteiger partial charge >= 0.3 is 0 Å². The molecule has 1 N–H and O–H groups in total. The van der Waals surface area contributed by atoms with Gasteiger partial charge in [-0.3, -0.25) is 0 Å². The van der Waals surface area contributed by atoms with E-state index in [1.54, 1.807) is 0 Å². The van der Waals surface area contributed by atoms with Crippen LogP contribution >= 0.6 is 0 Å². The smallest absolute Gasteiger partial charge is 0.208 e. The number of hydrogen-bond donors (Lipinski definition) is 1. The van der Waals surface area contributed by atoms with Gasteiger partial charge in [-0.25, -0.2) is 13.1 Å². The van der Waals surface area contributed by atoms with E-state index in [-0.39, 0.29) is 10.9 Å². The van der Waals surface area contributed by atoms with Gasteiger partial charge in [0.05, 0.1) is 16.5 Å². The molecule has 0 atom stereocenters. The summed E-state index contributed by atoms with van der Waals surface area (Å²) in [7, 11) is -3.46. The molecule has 0 aliphatic heterocycles. The highest BCUT2D eigenvalue weighted by Gasteiger charge is 2.20. The summed E-state index contributed by atoms with van der Waals surface area (Å²) in [5.74, 6) is 0. The minimum absolute atomic E-state index is 0.0446. The highest BCUT2D eigenvalue weighted by Crippen LogP contribution is 2.19. The molecule has 19 heavy (non-hydrogen) atoms. The second-order valence-electron chi connectivity index (χ2n) is 4.95. The van der Waals surface area contributed by atoms with Gasteiger partial charge in [0.2, 0.25) is 10.0 Å². The van der Waals surface area contributed by atoms with E-state index < -0.39 is 10.0 Å². The van der Waals surface area contributed by atoms with Crippen LogP contribution in [0.4, 0.5) is 0 Å². The van der Waals surface area contributed by atoms with Crippen molar-refractivity contribution in [1.82, 2.24) is 4.72 Å². The SMILES string of the molecule is N#Cc1ccc(S(=O)(=O)NC2CCCCCC2)cc1. The molecular weight excluding hydrogens is 260 g/mol. The molecule has 1 aliphatic carbocycles. The fourth-order valence-electron chi connectivity index (χ4n) is 2.39. The molecule has 0 aromatic heterocycles. The maximum absolute atomic E-state index is 12.2. The maximum Gasteiger partial charge on any atom is 0.240 e. The van der Waals surface area contributed by atoms with E-state index in [4.69, 9.17) is 5.26 Å². The lowest BCUT2D eigenvalue weighted by molar-refractivity contribution is 0.510. The molecule has 4 nitrogen and oxygen atoms in total. The van der Waals surface area contributed by atoms with Crippen molar-refractivity contribution in [2.75, 3.05) is 0 Å². The van der Waals surface area contributed by atoms with Crippen LogP contribution in [-0.4, -0.2) is 14.5 Å². The molecule has 0 unspecified atom stereocenters. The molecule has 0 bridgehead atoms. The second kappa shape index (κ2) is 6.18. The van der Waals surface area contributed by atoms with Crippen molar-refractivity contribution in [2.45, 2.75) is 49.5 Å². The fourth-order valence-corrected chi connectivity index (χ4v) is 3.70. The first kappa shape index (κ1) is 14.0. The van der Waals surface area contributed by atoms with Gasteiger partial charge in [0.15, 0.2) is 0 Å². The second-order valence-corrected chi connectivity index (χ2v) is 6.66. The van der Waals surface area contributed by atoms with Gasteiger partial charge in [0, 0.05) is 6.04 Å². The van der Waals surface area contributed by atoms with E-state index in [0.29, 0.717) is 5.56 Å². The summed E-state index contributed by atoms with van der Waals surface area (Å²) >= 11 is 0. The van der Waals surface area contributed by atoms with E-state index in [0.717, 1.165) is 25.7 Å². The first-order chi connectivity index (χ1) is 9.12. The Kier molecular flexibility index (Phi) is 4.56. The average Bonchev–Trinajstić information content (AvgIpc) is 2.67. The van der Waals surface area contributed by atoms with Gasteiger partial charge in [-0.05, 0) is 37.1 Å². The number of sulfonamides is 1. The number of hydrogen-bond acceptors (Lipinski definition) is 3. The van der Waals surface area contributed by atoms with Crippen molar-refractivity contribution in [3.05, 3.63) is 29.8 Å². The lowest BCUT2D eigenvalue weighted by Crippen LogP contribution is -2.34. The molecular formula is C14H18N2O2S. The van der Waals surface area contributed by atoms with Crippen LogP contribution in [0.3, 0.4) is 0 Å². The van der Waals surface area contributed by atoms with E-state index in [2.05, 4.69) is 4.72 Å². The number of nitriles is 1. The van der Waals surface area contributed by atoms with Gasteiger partial charge in [-0.2, -0.15) is 5.26 Å². The predicted molar refractivity (Wildman–Crippen MR) is 73.0 cm³/mol. The minimum atomic E-state index is -3.46. The molecule has 0 spiro atoms. The first-order valence-corrected chi connectivity index (χ1v) is 8.12. The summed E-state index contributed by atoms with van der Waals surface area (Å²) < 4.78 is 27.2. The maximum atomic E-state index is 12.2. The van der Waals surface area contributed by atoms with Crippen LogP contribution in [0, 0.1) is 11.3 Å². The molecule has 1 aromatic carbocycles. The number of nitrogens with zero attached hydrogens (tertiary/aromatic N) is 1. The van der Waals surface area contributed by atoms with Crippen molar-refractivity contribution < 1.29 is 8.42 Å². The lowest BCUT2D eigenvalue weighted by atomic mass is 10.1. The third kappa shape index (κ3) is 3.79. The van der Waals surface area contributed by atoms with Crippen LogP contribution in [0.1, 0.15) is 44.1 Å². The molecule has 102 valence electrons. The molecule has 5 heteroatoms. The van der Waals surface area contributed by atoms with E-state index in [1.807, 2.05) is 6.07 Å². The van der Waals surface area contributed by atoms with Gasteiger partial charge < -0.3 is 0 Å². The average molecular weight is 278 g/mol. The van der Waals surface area contributed by atoms with Crippen LogP contribution < -0.4 is 4.72 Å². The Morgan fingerprint density at radius 1 is 1.05 bits per heavy atom. The van der Waals surface area contributed by atoms with Crippen LogP contribution in [0.5, 0.6) is 0 Å². The third-order valence-electron chi connectivity index (χ3n) is 3.47. The Labute approximate surface area is 114 Å². The molecule has 0 heterocycles. The Morgan fingerprint density at radius 3 is 2.16 bits per heavy atom. The summed E-state index contributed by atoms with van der Waals surface area (Å²) in [4.78, 5) is 0.232. The van der Waals surface area contributed by atoms with Crippen LogP contribution in [-0.2, 0) is 10.0 Å². The Bertz CT molecular complexity index is 550. The molecule has 0 saturated heterocycles. The normalized spacial score (nSPS) is 17.6. The van der Waals surface area contributed by atoms with Crippen LogP contribution in [0.25, 0.3) is 0 Å². The lowest BCUT2D eigenvalue weighted by Gasteiger charge is -2.16. The fraction of sp³-hybridized carbons (Fsp3) is 0.500. The van der Waals surface area contributed by atoms with Crippen molar-refractivity contribution >= 4 is 10.0 Å². The van der Waals surface area contributed by atoms with Crippen molar-refractivity contribution in [1.29, 1.82) is 5.26 Å². The highest BCUT2D eigenvalue weighted by molar-refractivity contribution is 7.89. The monoisotopic (exact) mass is 278 g/mol. The molecule has 1 aromatic rings. The van der Waals surface area contributed by atoms with Crippen LogP contribution in [0.2, 0.25) is 0 Å². The Balaban J connectivity index is 2.10. The zero-order valence-electron chi connectivity index (χ0n) is 10.8. The van der Waals surface area contributed by atoms with Gasteiger partial charge in [0.25, 0.3) is 0 Å². The molecule has 0 radical (unpaired) electrons. The van der Waals surface area contributed by atoms with E-state index in [1.165, 1.54) is 37.1 Å². The van der Waals surface area contributed by atoms with Gasteiger partial charge in [0.1, 0.15) is 0 Å². The highest BCUT2D eigenvalue weighted by atomic mass is 32.2. The number of rotatable bonds is 3. The molecule has 0 amide bonds. The van der Waals surface area contributed by atoms with Crippen molar-refractivity contribution in [3.63, 3.8) is 0 Å². The zero-order chi connectivity index (χ0) is 13.7. The summed E-state index contributed by atoms with van der Waals surface area (Å²) in [6, 6.07) is 8.05. The summed E-state index contributed by atoms with van der Waals surface area (Å²) in [6.07, 6.45) is 6.37. The van der Waals surface area contributed by atoms with Crippen LogP contribution in [0.15, 0.2) is 29.2 Å². The Morgan fingerprint density at radius 2 is 1.63 bits per heavy atom. The number of nitrogens with one attached hydrogen (secondary N) is 1. The topological polar surface area (TPSA) is 70.0 Å². The van der Waals surface area contributed by atoms with Gasteiger partial charge in [-0.1, -0.05) is 25.7 Å². The standard InChI is InChI=1S/C14H18N2O2S/c15-11-12-7-9-14(10-8-12)19(17,18)16-13-5-3-1-2-4-6-13/h7-10,13,16H,1-6H2. The predicted octanol–water partition coefficient (Wildman–Crippen LogP) is 2.56. The van der Waals surface area contributed by atoms with Crippen molar-refractivity contribution in [2.24, 2.45) is 0 Å². The largest absolute Gasteiger partial charge is 0.240 e. The molecule has 1 fully saturated rings. The van der Waals surface area contributed by atoms with Crippen molar-refractivity contribution in [3.8, 4) is 6.07 Å². The number of benzene rings is 1. The summed E-state index contributed by atoms with van der Waals surface area (Å²) in [6.45, 7) is 0. The van der Waals surface area contributed by atoms with E-state index in [9.17, 15) is 8.42 Å². The zero-order valence-corrected chi connectivity index (χ0v) is 11.6. The molecule has 1 saturated carbocycles. The molecule has 2 rings (SSSR count). The summed E-state index contributed by atoms with van der Waals surface area (Å²) in [5, 5.41) is 8.71. The summed E-state index contributed by atoms with van der Waals surface area (Å²) in [5.41, 5.74) is 0.466. The van der Waals surface area contributed by atoms with Gasteiger partial charge in [-0.15, -0.1) is 0 Å². The van der Waals surface area contributed by atoms with E-state index >= 15 is 0 Å². The molecule has 1 aliphatic rings. The Hall–Kier alpha value is -1.38. The quantitative estimate of drug-likeness (QED) is 0.864. The minimum Gasteiger partial charge on any atom is -0.208 e.